The topological polar surface area (TPSA) is 81.9 Å². The van der Waals surface area contributed by atoms with Crippen molar-refractivity contribution in [1.29, 1.82) is 0 Å². The first-order valence-corrected chi connectivity index (χ1v) is 10.9. The van der Waals surface area contributed by atoms with Gasteiger partial charge in [0, 0.05) is 58.4 Å². The molecule has 3 aliphatic heterocycles. The van der Waals surface area contributed by atoms with Crippen molar-refractivity contribution in [3.8, 4) is 0 Å². The van der Waals surface area contributed by atoms with Gasteiger partial charge in [0.15, 0.2) is 0 Å². The van der Waals surface area contributed by atoms with E-state index >= 15 is 0 Å². The van der Waals surface area contributed by atoms with Crippen molar-refractivity contribution < 1.29 is 14.0 Å². The van der Waals surface area contributed by atoms with Gasteiger partial charge in [-0.05, 0) is 31.7 Å². The van der Waals surface area contributed by atoms with Crippen LogP contribution in [0.1, 0.15) is 18.6 Å². The number of nitrogens with zero attached hydrogens (tertiary/aromatic N) is 5. The van der Waals surface area contributed by atoms with E-state index in [1.165, 1.54) is 0 Å². The Morgan fingerprint density at radius 2 is 1.67 bits per heavy atom. The summed E-state index contributed by atoms with van der Waals surface area (Å²) in [5, 5.41) is 11.5. The lowest BCUT2D eigenvalue weighted by Gasteiger charge is -2.34. The van der Waals surface area contributed by atoms with Gasteiger partial charge < -0.3 is 9.80 Å². The molecule has 148 valence electrons. The Bertz CT molecular complexity index is 759. The average molecular weight is 395 g/mol. The van der Waals surface area contributed by atoms with E-state index < -0.39 is 13.8 Å². The van der Waals surface area contributed by atoms with Crippen molar-refractivity contribution in [3.63, 3.8) is 0 Å². The second-order valence-electron chi connectivity index (χ2n) is 7.44. The molecule has 4 rings (SSSR count). The minimum absolute atomic E-state index is 0.107. The Hall–Kier alpha value is -1.51. The SMILES string of the molecule is CC(OP(=O)(N1CC1)N1CC1)c1ccc([N+](=O)[O-])c(N2CCN(C)CC2)c1. The smallest absolute Gasteiger partial charge is 0.346 e. The first-order chi connectivity index (χ1) is 12.9. The van der Waals surface area contributed by atoms with Gasteiger partial charge in [0.25, 0.3) is 5.69 Å². The largest absolute Gasteiger partial charge is 0.363 e. The lowest BCUT2D eigenvalue weighted by molar-refractivity contribution is -0.384. The van der Waals surface area contributed by atoms with Crippen LogP contribution in [0.15, 0.2) is 18.2 Å². The number of nitro benzene ring substituents is 1. The molecule has 1 unspecified atom stereocenters. The number of piperazine rings is 1. The van der Waals surface area contributed by atoms with Crippen LogP contribution in [-0.2, 0) is 9.09 Å². The predicted octanol–water partition coefficient (Wildman–Crippen LogP) is 2.16. The van der Waals surface area contributed by atoms with Crippen molar-refractivity contribution in [3.05, 3.63) is 33.9 Å². The Labute approximate surface area is 159 Å². The van der Waals surface area contributed by atoms with Crippen molar-refractivity contribution in [2.75, 3.05) is 64.3 Å². The fourth-order valence-corrected chi connectivity index (χ4v) is 5.77. The van der Waals surface area contributed by atoms with Crippen LogP contribution in [0.25, 0.3) is 0 Å². The number of likely N-dealkylation sites (N-methyl/N-ethyl adjacent to an activating group) is 1. The molecule has 0 radical (unpaired) electrons. The Morgan fingerprint density at radius 3 is 2.19 bits per heavy atom. The number of benzene rings is 1. The molecule has 1 aromatic rings. The predicted molar refractivity (Wildman–Crippen MR) is 103 cm³/mol. The number of rotatable bonds is 7. The fourth-order valence-electron chi connectivity index (χ4n) is 3.42. The van der Waals surface area contributed by atoms with Crippen molar-refractivity contribution in [1.82, 2.24) is 14.2 Å². The molecule has 0 aliphatic carbocycles. The van der Waals surface area contributed by atoms with Gasteiger partial charge >= 0.3 is 7.67 Å². The van der Waals surface area contributed by atoms with Crippen LogP contribution >= 0.6 is 7.67 Å². The monoisotopic (exact) mass is 395 g/mol. The summed E-state index contributed by atoms with van der Waals surface area (Å²) >= 11 is 0. The standard InChI is InChI=1S/C17H26N5O4P/c1-14(26-27(25,20-9-10-20)21-11-12-21)15-3-4-16(22(23)24)17(13-15)19-7-5-18(2)6-8-19/h3-4,13-14H,5-12H2,1-2H3. The molecule has 0 saturated carbocycles. The summed E-state index contributed by atoms with van der Waals surface area (Å²) in [7, 11) is -0.885. The third kappa shape index (κ3) is 3.88. The zero-order valence-electron chi connectivity index (χ0n) is 15.8. The Kier molecular flexibility index (Phi) is 4.98. The van der Waals surface area contributed by atoms with Crippen LogP contribution in [0.5, 0.6) is 0 Å². The highest BCUT2D eigenvalue weighted by molar-refractivity contribution is 7.54. The molecule has 1 aromatic carbocycles. The maximum absolute atomic E-state index is 13.2. The molecule has 0 spiro atoms. The molecule has 3 fully saturated rings. The quantitative estimate of drug-likeness (QED) is 0.301. The first-order valence-electron chi connectivity index (χ1n) is 9.39. The average Bonchev–Trinajstić information content (AvgIpc) is 3.53. The molecular weight excluding hydrogens is 369 g/mol. The van der Waals surface area contributed by atoms with Crippen molar-refractivity contribution >= 4 is 19.0 Å². The Morgan fingerprint density at radius 1 is 1.07 bits per heavy atom. The third-order valence-corrected chi connectivity index (χ3v) is 8.19. The molecule has 3 saturated heterocycles. The number of nitro groups is 1. The molecule has 10 heteroatoms. The van der Waals surface area contributed by atoms with Crippen LogP contribution in [-0.4, -0.2) is 78.6 Å². The van der Waals surface area contributed by atoms with Crippen molar-refractivity contribution in [2.24, 2.45) is 0 Å². The number of hydrogen-bond donors (Lipinski definition) is 0. The summed E-state index contributed by atoms with van der Waals surface area (Å²) in [5.74, 6) is 0. The van der Waals surface area contributed by atoms with Gasteiger partial charge in [-0.25, -0.2) is 9.34 Å². The molecule has 3 heterocycles. The minimum Gasteiger partial charge on any atom is -0.363 e. The van der Waals surface area contributed by atoms with Crippen LogP contribution in [0.3, 0.4) is 0 Å². The Balaban J connectivity index is 1.58. The fraction of sp³-hybridized carbons (Fsp3) is 0.647. The van der Waals surface area contributed by atoms with E-state index in [0.717, 1.165) is 57.9 Å². The number of hydrogen-bond acceptors (Lipinski definition) is 6. The van der Waals surface area contributed by atoms with Gasteiger partial charge in [-0.15, -0.1) is 0 Å². The van der Waals surface area contributed by atoms with Crippen LogP contribution < -0.4 is 4.90 Å². The van der Waals surface area contributed by atoms with E-state index in [9.17, 15) is 14.7 Å². The molecule has 3 aliphatic rings. The third-order valence-electron chi connectivity index (χ3n) is 5.37. The van der Waals surface area contributed by atoms with Gasteiger partial charge in [0.2, 0.25) is 0 Å². The molecular formula is C17H26N5O4P. The summed E-state index contributed by atoms with van der Waals surface area (Å²) in [5.41, 5.74) is 1.54. The molecule has 1 atom stereocenters. The zero-order valence-corrected chi connectivity index (χ0v) is 16.7. The van der Waals surface area contributed by atoms with Crippen molar-refractivity contribution in [2.45, 2.75) is 13.0 Å². The molecule has 0 aromatic heterocycles. The highest BCUT2D eigenvalue weighted by atomic mass is 31.2. The number of anilines is 1. The van der Waals surface area contributed by atoms with E-state index in [4.69, 9.17) is 4.52 Å². The maximum Gasteiger partial charge on any atom is 0.346 e. The van der Waals surface area contributed by atoms with E-state index in [1.807, 2.05) is 22.3 Å². The second-order valence-corrected chi connectivity index (χ2v) is 9.76. The van der Waals surface area contributed by atoms with E-state index in [1.54, 1.807) is 12.1 Å². The zero-order chi connectivity index (χ0) is 19.2. The van der Waals surface area contributed by atoms with E-state index in [0.29, 0.717) is 5.69 Å². The molecule has 0 amide bonds. The first kappa shape index (κ1) is 18.8. The highest BCUT2D eigenvalue weighted by Crippen LogP contribution is 2.63. The summed E-state index contributed by atoms with van der Waals surface area (Å²) in [6.07, 6.45) is -0.399. The lowest BCUT2D eigenvalue weighted by Crippen LogP contribution is -2.44. The van der Waals surface area contributed by atoms with E-state index in [-0.39, 0.29) is 10.6 Å². The second kappa shape index (κ2) is 7.14. The maximum atomic E-state index is 13.2. The van der Waals surface area contributed by atoms with Crippen LogP contribution in [0.2, 0.25) is 0 Å². The molecule has 27 heavy (non-hydrogen) atoms. The van der Waals surface area contributed by atoms with Crippen LogP contribution in [0, 0.1) is 10.1 Å². The molecule has 0 N–H and O–H groups in total. The van der Waals surface area contributed by atoms with Gasteiger partial charge in [0.1, 0.15) is 5.69 Å². The molecule has 9 nitrogen and oxygen atoms in total. The summed E-state index contributed by atoms with van der Waals surface area (Å²) in [6.45, 7) is 8.29. The normalized spacial score (nSPS) is 22.7. The van der Waals surface area contributed by atoms with Gasteiger partial charge in [0.05, 0.1) is 11.0 Å². The van der Waals surface area contributed by atoms with E-state index in [2.05, 4.69) is 16.8 Å². The van der Waals surface area contributed by atoms with Gasteiger partial charge in [-0.1, -0.05) is 0 Å². The van der Waals surface area contributed by atoms with Crippen LogP contribution in [0.4, 0.5) is 11.4 Å². The van der Waals surface area contributed by atoms with Gasteiger partial charge in [-0.3, -0.25) is 19.2 Å². The molecule has 0 bridgehead atoms. The summed E-state index contributed by atoms with van der Waals surface area (Å²) in [6, 6.07) is 5.10. The summed E-state index contributed by atoms with van der Waals surface area (Å²) in [4.78, 5) is 15.4. The minimum atomic E-state index is -2.94. The lowest BCUT2D eigenvalue weighted by atomic mass is 10.1. The highest BCUT2D eigenvalue weighted by Gasteiger charge is 2.50. The summed E-state index contributed by atoms with van der Waals surface area (Å²) < 4.78 is 23.0. The van der Waals surface area contributed by atoms with Gasteiger partial charge in [-0.2, -0.15) is 0 Å².